The summed E-state index contributed by atoms with van der Waals surface area (Å²) in [6, 6.07) is 8.48. The smallest absolute Gasteiger partial charge is 0.0916 e. The monoisotopic (exact) mass is 291 g/mol. The van der Waals surface area contributed by atoms with E-state index in [1.54, 1.807) is 0 Å². The van der Waals surface area contributed by atoms with E-state index in [9.17, 15) is 5.11 Å². The van der Waals surface area contributed by atoms with Gasteiger partial charge in [-0.05, 0) is 35.9 Å². The molecule has 0 aromatic heterocycles. The Kier molecular flexibility index (Phi) is 7.98. The van der Waals surface area contributed by atoms with Gasteiger partial charge >= 0.3 is 0 Å². The summed E-state index contributed by atoms with van der Waals surface area (Å²) < 4.78 is 0. The zero-order valence-electron chi connectivity index (χ0n) is 14.5. The number of hydrogen-bond acceptors (Lipinski definition) is 2. The molecule has 0 aliphatic carbocycles. The first-order chi connectivity index (χ1) is 9.96. The third kappa shape index (κ3) is 6.62. The highest BCUT2D eigenvalue weighted by molar-refractivity contribution is 5.24. The standard InChI is InChI=1S/C19H33NO/c1-6-16(5)13-20(7-2)14-19(21)18-10-8-17(9-11-18)12-15(3)4/h8-11,15-16,19,21H,6-7,12-14H2,1-5H3. The summed E-state index contributed by atoms with van der Waals surface area (Å²) in [4.78, 5) is 2.35. The van der Waals surface area contributed by atoms with E-state index in [0.29, 0.717) is 11.8 Å². The van der Waals surface area contributed by atoms with Gasteiger partial charge in [-0.1, -0.05) is 65.3 Å². The van der Waals surface area contributed by atoms with Crippen LogP contribution in [0, 0.1) is 11.8 Å². The lowest BCUT2D eigenvalue weighted by Gasteiger charge is -2.26. The lowest BCUT2D eigenvalue weighted by molar-refractivity contribution is 0.107. The molecule has 2 unspecified atom stereocenters. The molecule has 0 bridgehead atoms. The highest BCUT2D eigenvalue weighted by atomic mass is 16.3. The minimum absolute atomic E-state index is 0.387. The molecule has 21 heavy (non-hydrogen) atoms. The molecule has 1 N–H and O–H groups in total. The molecular formula is C19H33NO. The Morgan fingerprint density at radius 2 is 1.62 bits per heavy atom. The van der Waals surface area contributed by atoms with Crippen LogP contribution >= 0.6 is 0 Å². The maximum absolute atomic E-state index is 10.4. The number of benzene rings is 1. The van der Waals surface area contributed by atoms with Crippen molar-refractivity contribution in [1.82, 2.24) is 4.90 Å². The molecule has 2 atom stereocenters. The van der Waals surface area contributed by atoms with Crippen molar-refractivity contribution in [3.8, 4) is 0 Å². The molecule has 1 rings (SSSR count). The van der Waals surface area contributed by atoms with Crippen LogP contribution in [0.15, 0.2) is 24.3 Å². The molecule has 120 valence electrons. The van der Waals surface area contributed by atoms with Crippen LogP contribution in [0.4, 0.5) is 0 Å². The van der Waals surface area contributed by atoms with Crippen LogP contribution < -0.4 is 0 Å². The third-order valence-electron chi connectivity index (χ3n) is 4.15. The number of likely N-dealkylation sites (N-methyl/N-ethyl adjacent to an activating group) is 1. The van der Waals surface area contributed by atoms with Gasteiger partial charge in [-0.25, -0.2) is 0 Å². The van der Waals surface area contributed by atoms with E-state index in [1.165, 1.54) is 12.0 Å². The fourth-order valence-corrected chi connectivity index (χ4v) is 2.60. The number of nitrogens with zero attached hydrogens (tertiary/aromatic N) is 1. The van der Waals surface area contributed by atoms with Gasteiger partial charge in [0.2, 0.25) is 0 Å². The first kappa shape index (κ1) is 18.2. The molecule has 0 saturated heterocycles. The largest absolute Gasteiger partial charge is 0.387 e. The number of rotatable bonds is 9. The number of aliphatic hydroxyl groups excluding tert-OH is 1. The SMILES string of the molecule is CCC(C)CN(CC)CC(O)c1ccc(CC(C)C)cc1. The molecule has 0 aliphatic heterocycles. The van der Waals surface area contributed by atoms with Gasteiger partial charge in [0.1, 0.15) is 0 Å². The molecule has 2 nitrogen and oxygen atoms in total. The quantitative estimate of drug-likeness (QED) is 0.734. The van der Waals surface area contributed by atoms with Gasteiger partial charge < -0.3 is 10.0 Å². The van der Waals surface area contributed by atoms with Crippen molar-refractivity contribution >= 4 is 0 Å². The summed E-state index contributed by atoms with van der Waals surface area (Å²) >= 11 is 0. The normalized spacial score (nSPS) is 14.7. The van der Waals surface area contributed by atoms with Gasteiger partial charge in [0.05, 0.1) is 6.10 Å². The van der Waals surface area contributed by atoms with E-state index in [0.717, 1.165) is 31.6 Å². The van der Waals surface area contributed by atoms with Crippen molar-refractivity contribution in [2.45, 2.75) is 53.6 Å². The summed E-state index contributed by atoms with van der Waals surface area (Å²) in [7, 11) is 0. The van der Waals surface area contributed by atoms with Crippen LogP contribution in [0.3, 0.4) is 0 Å². The minimum atomic E-state index is -0.387. The van der Waals surface area contributed by atoms with Crippen molar-refractivity contribution in [3.63, 3.8) is 0 Å². The first-order valence-corrected chi connectivity index (χ1v) is 8.45. The van der Waals surface area contributed by atoms with Crippen LogP contribution in [0.25, 0.3) is 0 Å². The van der Waals surface area contributed by atoms with Crippen LogP contribution in [0.1, 0.15) is 58.3 Å². The van der Waals surface area contributed by atoms with E-state index < -0.39 is 0 Å². The Labute approximate surface area is 131 Å². The fraction of sp³-hybridized carbons (Fsp3) is 0.684. The van der Waals surface area contributed by atoms with Crippen molar-refractivity contribution in [2.75, 3.05) is 19.6 Å². The van der Waals surface area contributed by atoms with Crippen LogP contribution in [-0.2, 0) is 6.42 Å². The van der Waals surface area contributed by atoms with Crippen molar-refractivity contribution in [1.29, 1.82) is 0 Å². The van der Waals surface area contributed by atoms with Gasteiger partial charge in [-0.3, -0.25) is 0 Å². The predicted octanol–water partition coefficient (Wildman–Crippen LogP) is 4.29. The Balaban J connectivity index is 2.59. The number of hydrogen-bond donors (Lipinski definition) is 1. The average Bonchev–Trinajstić information content (AvgIpc) is 2.46. The molecule has 1 aromatic carbocycles. The third-order valence-corrected chi connectivity index (χ3v) is 4.15. The van der Waals surface area contributed by atoms with Crippen LogP contribution in [0.2, 0.25) is 0 Å². The van der Waals surface area contributed by atoms with Crippen LogP contribution in [0.5, 0.6) is 0 Å². The Bertz CT molecular complexity index is 385. The molecule has 0 spiro atoms. The molecular weight excluding hydrogens is 258 g/mol. The molecule has 0 fully saturated rings. The van der Waals surface area contributed by atoms with Crippen LogP contribution in [-0.4, -0.2) is 29.6 Å². The summed E-state index contributed by atoms with van der Waals surface area (Å²) in [5.74, 6) is 1.36. The lowest BCUT2D eigenvalue weighted by Crippen LogP contribution is -2.32. The molecule has 2 heteroatoms. The maximum Gasteiger partial charge on any atom is 0.0916 e. The second kappa shape index (κ2) is 9.22. The number of aliphatic hydroxyl groups is 1. The average molecular weight is 291 g/mol. The molecule has 0 amide bonds. The lowest BCUT2D eigenvalue weighted by atomic mass is 10.00. The van der Waals surface area contributed by atoms with E-state index >= 15 is 0 Å². The van der Waals surface area contributed by atoms with Gasteiger partial charge in [0.25, 0.3) is 0 Å². The predicted molar refractivity (Wildman–Crippen MR) is 91.5 cm³/mol. The van der Waals surface area contributed by atoms with Gasteiger partial charge in [-0.2, -0.15) is 0 Å². The zero-order valence-corrected chi connectivity index (χ0v) is 14.5. The fourth-order valence-electron chi connectivity index (χ4n) is 2.60. The van der Waals surface area contributed by atoms with E-state index in [-0.39, 0.29) is 6.10 Å². The zero-order chi connectivity index (χ0) is 15.8. The van der Waals surface area contributed by atoms with E-state index in [1.807, 2.05) is 0 Å². The van der Waals surface area contributed by atoms with Crippen molar-refractivity contribution in [2.24, 2.45) is 11.8 Å². The van der Waals surface area contributed by atoms with E-state index in [2.05, 4.69) is 63.8 Å². The highest BCUT2D eigenvalue weighted by Gasteiger charge is 2.14. The van der Waals surface area contributed by atoms with Crippen molar-refractivity contribution < 1.29 is 5.11 Å². The summed E-state index contributed by atoms with van der Waals surface area (Å²) in [5, 5.41) is 10.4. The molecule has 0 saturated carbocycles. The molecule has 0 radical (unpaired) electrons. The van der Waals surface area contributed by atoms with Gasteiger partial charge in [0.15, 0.2) is 0 Å². The Morgan fingerprint density at radius 3 is 2.10 bits per heavy atom. The maximum atomic E-state index is 10.4. The summed E-state index contributed by atoms with van der Waals surface area (Å²) in [6.07, 6.45) is 1.91. The summed E-state index contributed by atoms with van der Waals surface area (Å²) in [5.41, 5.74) is 2.39. The van der Waals surface area contributed by atoms with Gasteiger partial charge in [-0.15, -0.1) is 0 Å². The topological polar surface area (TPSA) is 23.5 Å². The minimum Gasteiger partial charge on any atom is -0.387 e. The molecule has 1 aromatic rings. The first-order valence-electron chi connectivity index (χ1n) is 8.45. The van der Waals surface area contributed by atoms with Gasteiger partial charge in [0, 0.05) is 13.1 Å². The molecule has 0 heterocycles. The second-order valence-corrected chi connectivity index (χ2v) is 6.72. The molecule has 0 aliphatic rings. The Morgan fingerprint density at radius 1 is 1.00 bits per heavy atom. The van der Waals surface area contributed by atoms with E-state index in [4.69, 9.17) is 0 Å². The second-order valence-electron chi connectivity index (χ2n) is 6.72. The Hall–Kier alpha value is -0.860. The highest BCUT2D eigenvalue weighted by Crippen LogP contribution is 2.18. The van der Waals surface area contributed by atoms with Crippen molar-refractivity contribution in [3.05, 3.63) is 35.4 Å². The summed E-state index contributed by atoms with van der Waals surface area (Å²) in [6.45, 7) is 13.9.